The molecule has 5 aromatic rings. The van der Waals surface area contributed by atoms with E-state index in [1.165, 1.54) is 6.20 Å². The Morgan fingerprint density at radius 2 is 1.52 bits per heavy atom. The summed E-state index contributed by atoms with van der Waals surface area (Å²) in [4.78, 5) is 13.3. The number of anilines is 1. The zero-order valence-electron chi connectivity index (χ0n) is 24.0. The summed E-state index contributed by atoms with van der Waals surface area (Å²) in [6.07, 6.45) is -2.15. The molecule has 0 saturated heterocycles. The van der Waals surface area contributed by atoms with Crippen LogP contribution in [0.2, 0.25) is 0 Å². The molecule has 0 amide bonds. The number of carboxylic acids is 1. The first-order chi connectivity index (χ1) is 21.8. The van der Waals surface area contributed by atoms with Crippen molar-refractivity contribution in [1.29, 1.82) is 0 Å². The molecule has 1 aliphatic rings. The monoisotopic (exact) mass is 651 g/mol. The molecule has 1 unspecified atom stereocenters. The second kappa shape index (κ2) is 13.1. The van der Waals surface area contributed by atoms with Gasteiger partial charge in [0.2, 0.25) is 0 Å². The molecule has 0 fully saturated rings. The van der Waals surface area contributed by atoms with Crippen molar-refractivity contribution in [2.75, 3.05) is 11.3 Å². The van der Waals surface area contributed by atoms with Crippen molar-refractivity contribution >= 4 is 32.6 Å². The van der Waals surface area contributed by atoms with Crippen LogP contribution in [-0.2, 0) is 27.7 Å². The smallest absolute Gasteiger partial charge is 0.490 e. The highest BCUT2D eigenvalue weighted by Gasteiger charge is 2.38. The standard InChI is InChI=1S/C31H27N3O4S.C2HF3O2/c35-30-17-23-13-14-32-29(27(23)18-31(30)36)15-20-5-7-21(8-6-20)22-9-11-25(12-10-22)34-39(37,38)26-16-24-3-1-2-4-28(24)33-19-26;3-2(4,5)1(6)7/h1-12,16-19,29,32,34-36H,13-15H2;(H,6,7). The predicted molar refractivity (Wildman–Crippen MR) is 166 cm³/mol. The van der Waals surface area contributed by atoms with E-state index in [1.54, 1.807) is 30.3 Å². The van der Waals surface area contributed by atoms with Crippen molar-refractivity contribution in [3.05, 3.63) is 114 Å². The Bertz CT molecular complexity index is 1980. The zero-order valence-corrected chi connectivity index (χ0v) is 24.8. The Morgan fingerprint density at radius 3 is 2.17 bits per heavy atom. The van der Waals surface area contributed by atoms with Crippen LogP contribution in [0.3, 0.4) is 0 Å². The number of sulfonamides is 1. The number of fused-ring (bicyclic) bond motifs is 2. The van der Waals surface area contributed by atoms with Crippen LogP contribution in [0.5, 0.6) is 11.5 Å². The minimum absolute atomic E-state index is 0.0520. The van der Waals surface area contributed by atoms with E-state index in [0.29, 0.717) is 5.69 Å². The summed E-state index contributed by atoms with van der Waals surface area (Å²) in [6.45, 7) is 0.813. The Morgan fingerprint density at radius 1 is 0.913 bits per heavy atom. The van der Waals surface area contributed by atoms with E-state index >= 15 is 0 Å². The van der Waals surface area contributed by atoms with E-state index < -0.39 is 22.2 Å². The van der Waals surface area contributed by atoms with Crippen molar-refractivity contribution in [1.82, 2.24) is 10.3 Å². The number of phenolic OH excluding ortho intramolecular Hbond substituents is 2. The topological polar surface area (TPSA) is 149 Å². The molecule has 6 rings (SSSR count). The van der Waals surface area contributed by atoms with E-state index in [1.807, 2.05) is 48.5 Å². The number of aromatic nitrogens is 1. The van der Waals surface area contributed by atoms with Crippen molar-refractivity contribution in [3.63, 3.8) is 0 Å². The van der Waals surface area contributed by atoms with Crippen molar-refractivity contribution in [3.8, 4) is 22.6 Å². The van der Waals surface area contributed by atoms with Crippen LogP contribution in [0, 0.1) is 0 Å². The molecular formula is C33H28F3N3O6S. The highest BCUT2D eigenvalue weighted by Crippen LogP contribution is 2.35. The van der Waals surface area contributed by atoms with Gasteiger partial charge in [0, 0.05) is 23.3 Å². The second-order valence-electron chi connectivity index (χ2n) is 10.5. The number of pyridine rings is 1. The van der Waals surface area contributed by atoms with Crippen molar-refractivity contribution in [2.45, 2.75) is 30.0 Å². The lowest BCUT2D eigenvalue weighted by atomic mass is 9.89. The third-order valence-corrected chi connectivity index (χ3v) is 8.73. The summed E-state index contributed by atoms with van der Waals surface area (Å²) >= 11 is 0. The average molecular weight is 652 g/mol. The highest BCUT2D eigenvalue weighted by molar-refractivity contribution is 7.92. The summed E-state index contributed by atoms with van der Waals surface area (Å²) in [7, 11) is -3.78. The number of carboxylic acid groups (broad SMARTS) is 1. The van der Waals surface area contributed by atoms with Crippen LogP contribution < -0.4 is 10.0 Å². The van der Waals surface area contributed by atoms with Gasteiger partial charge < -0.3 is 20.6 Å². The van der Waals surface area contributed by atoms with Crippen LogP contribution >= 0.6 is 0 Å². The molecule has 238 valence electrons. The largest absolute Gasteiger partial charge is 0.504 e. The Balaban J connectivity index is 0.000000537. The number of benzene rings is 4. The normalized spacial score (nSPS) is 14.5. The van der Waals surface area contributed by atoms with Gasteiger partial charge in [-0.3, -0.25) is 9.71 Å². The summed E-state index contributed by atoms with van der Waals surface area (Å²) in [5.74, 6) is -2.94. The molecule has 4 aromatic carbocycles. The molecule has 0 aliphatic carbocycles. The number of rotatable bonds is 6. The number of nitrogens with one attached hydrogen (secondary N) is 2. The van der Waals surface area contributed by atoms with E-state index in [4.69, 9.17) is 9.90 Å². The Hall–Kier alpha value is -5.14. The van der Waals surface area contributed by atoms with Gasteiger partial charge in [0.25, 0.3) is 10.0 Å². The number of phenols is 2. The quantitative estimate of drug-likeness (QED) is 0.137. The predicted octanol–water partition coefficient (Wildman–Crippen LogP) is 6.18. The molecule has 0 saturated carbocycles. The molecule has 1 aromatic heterocycles. The second-order valence-corrected chi connectivity index (χ2v) is 12.2. The third-order valence-electron chi connectivity index (χ3n) is 7.38. The van der Waals surface area contributed by atoms with E-state index in [9.17, 15) is 31.8 Å². The minimum atomic E-state index is -5.08. The number of hydrogen-bond acceptors (Lipinski definition) is 7. The van der Waals surface area contributed by atoms with Crippen molar-refractivity contribution < 1.29 is 41.7 Å². The molecule has 1 atom stereocenters. The summed E-state index contributed by atoms with van der Waals surface area (Å²) < 4.78 is 60.2. The van der Waals surface area contributed by atoms with Crippen LogP contribution in [-0.4, -0.2) is 47.4 Å². The lowest BCUT2D eigenvalue weighted by Gasteiger charge is -2.27. The molecule has 0 spiro atoms. The first-order valence-electron chi connectivity index (χ1n) is 14.0. The Kier molecular flexibility index (Phi) is 9.17. The van der Waals surface area contributed by atoms with Crippen molar-refractivity contribution in [2.24, 2.45) is 0 Å². The molecule has 0 radical (unpaired) electrons. The van der Waals surface area contributed by atoms with Gasteiger partial charge in [-0.15, -0.1) is 0 Å². The summed E-state index contributed by atoms with van der Waals surface area (Å²) in [5.41, 5.74) is 6.41. The molecule has 2 heterocycles. The molecular weight excluding hydrogens is 623 g/mol. The zero-order chi connectivity index (χ0) is 33.1. The van der Waals surface area contributed by atoms with Crippen LogP contribution in [0.15, 0.2) is 102 Å². The van der Waals surface area contributed by atoms with E-state index in [-0.39, 0.29) is 22.4 Å². The lowest BCUT2D eigenvalue weighted by molar-refractivity contribution is -0.192. The summed E-state index contributed by atoms with van der Waals surface area (Å²) in [5, 5.41) is 31.2. The van der Waals surface area contributed by atoms with Crippen LogP contribution in [0.4, 0.5) is 18.9 Å². The fraction of sp³-hybridized carbons (Fsp3) is 0.152. The molecule has 1 aliphatic heterocycles. The first kappa shape index (κ1) is 32.3. The number of aliphatic carboxylic acids is 1. The maximum Gasteiger partial charge on any atom is 0.490 e. The van der Waals surface area contributed by atoms with Crippen LogP contribution in [0.25, 0.3) is 22.0 Å². The van der Waals surface area contributed by atoms with Gasteiger partial charge in [0.05, 0.1) is 5.52 Å². The lowest BCUT2D eigenvalue weighted by Crippen LogP contribution is -2.31. The van der Waals surface area contributed by atoms with Gasteiger partial charge in [0.15, 0.2) is 11.5 Å². The first-order valence-corrected chi connectivity index (χ1v) is 15.4. The van der Waals surface area contributed by atoms with E-state index in [2.05, 4.69) is 27.2 Å². The average Bonchev–Trinajstić information content (AvgIpc) is 3.02. The fourth-order valence-corrected chi connectivity index (χ4v) is 6.10. The number of carbonyl (C=O) groups is 1. The SMILES string of the molecule is O=C(O)C(F)(F)F.O=S(=O)(Nc1ccc(-c2ccc(CC3NCCc4cc(O)c(O)cc43)cc2)cc1)c1cnc2ccccc2c1. The molecule has 46 heavy (non-hydrogen) atoms. The number of alkyl halides is 3. The number of para-hydroxylation sites is 1. The van der Waals surface area contributed by atoms with Gasteiger partial charge in [-0.1, -0.05) is 54.6 Å². The van der Waals surface area contributed by atoms with E-state index in [0.717, 1.165) is 58.1 Å². The molecule has 13 heteroatoms. The number of hydrogen-bond donors (Lipinski definition) is 5. The van der Waals surface area contributed by atoms with Crippen LogP contribution in [0.1, 0.15) is 22.7 Å². The van der Waals surface area contributed by atoms with Gasteiger partial charge in [-0.2, -0.15) is 13.2 Å². The van der Waals surface area contributed by atoms with Gasteiger partial charge in [0.1, 0.15) is 4.90 Å². The molecule has 5 N–H and O–H groups in total. The molecule has 9 nitrogen and oxygen atoms in total. The fourth-order valence-electron chi connectivity index (χ4n) is 5.06. The third kappa shape index (κ3) is 7.56. The number of aromatic hydroxyl groups is 2. The minimum Gasteiger partial charge on any atom is -0.504 e. The maximum atomic E-state index is 12.9. The van der Waals surface area contributed by atoms with Gasteiger partial charge >= 0.3 is 12.1 Å². The molecule has 0 bridgehead atoms. The Labute approximate surface area is 262 Å². The highest BCUT2D eigenvalue weighted by atomic mass is 32.2. The summed E-state index contributed by atoms with van der Waals surface area (Å²) in [6, 6.07) is 27.9. The number of nitrogens with zero attached hydrogens (tertiary/aromatic N) is 1. The maximum absolute atomic E-state index is 12.9. The van der Waals surface area contributed by atoms with Gasteiger partial charge in [-0.25, -0.2) is 13.2 Å². The van der Waals surface area contributed by atoms with Gasteiger partial charge in [-0.05, 0) is 83.6 Å². The number of halogens is 3.